The van der Waals surface area contributed by atoms with E-state index in [1.54, 1.807) is 11.6 Å². The summed E-state index contributed by atoms with van der Waals surface area (Å²) in [4.78, 5) is 0. The molecule has 0 spiro atoms. The lowest BCUT2D eigenvalue weighted by atomic mass is 10.2. The Labute approximate surface area is 129 Å². The first kappa shape index (κ1) is 14.8. The molecule has 0 bridgehead atoms. The van der Waals surface area contributed by atoms with Crippen LogP contribution in [0.15, 0.2) is 40.9 Å². The van der Waals surface area contributed by atoms with Crippen LogP contribution in [0.3, 0.4) is 0 Å². The van der Waals surface area contributed by atoms with Crippen molar-refractivity contribution in [3.63, 3.8) is 0 Å². The Morgan fingerprint density at radius 1 is 1.36 bits per heavy atom. The molecule has 1 atom stereocenters. The number of aryl methyl sites for hydroxylation is 1. The third kappa shape index (κ3) is 3.21. The van der Waals surface area contributed by atoms with Gasteiger partial charge in [-0.15, -0.1) is 0 Å². The number of furan rings is 1. The largest absolute Gasteiger partial charge is 0.454 e. The van der Waals surface area contributed by atoms with Gasteiger partial charge in [-0.05, 0) is 32.0 Å². The number of aliphatic hydroxyl groups excluding tert-OH is 1. The summed E-state index contributed by atoms with van der Waals surface area (Å²) < 4.78 is 7.71. The molecule has 1 unspecified atom stereocenters. The second kappa shape index (κ2) is 6.34. The molecule has 0 aliphatic carbocycles. The second-order valence-corrected chi connectivity index (χ2v) is 5.64. The number of hydrogen-bond acceptors (Lipinski definition) is 4. The quantitative estimate of drug-likeness (QED) is 0.687. The van der Waals surface area contributed by atoms with E-state index in [1.165, 1.54) is 0 Å². The van der Waals surface area contributed by atoms with E-state index < -0.39 is 0 Å². The topological polar surface area (TPSA) is 63.2 Å². The molecule has 22 heavy (non-hydrogen) atoms. The molecular weight excluding hydrogens is 278 g/mol. The zero-order chi connectivity index (χ0) is 15.5. The Hall–Kier alpha value is -2.11. The Balaban J connectivity index is 1.81. The Bertz CT molecular complexity index is 725. The predicted molar refractivity (Wildman–Crippen MR) is 86.4 cm³/mol. The van der Waals surface area contributed by atoms with Crippen LogP contribution in [0.5, 0.6) is 0 Å². The van der Waals surface area contributed by atoms with Gasteiger partial charge in [0, 0.05) is 30.7 Å². The van der Waals surface area contributed by atoms with Gasteiger partial charge >= 0.3 is 0 Å². The van der Waals surface area contributed by atoms with Crippen molar-refractivity contribution in [3.8, 4) is 11.5 Å². The van der Waals surface area contributed by atoms with Gasteiger partial charge in [0.25, 0.3) is 0 Å². The van der Waals surface area contributed by atoms with Gasteiger partial charge in [0.15, 0.2) is 5.76 Å². The molecule has 3 rings (SSSR count). The minimum absolute atomic E-state index is 0.281. The first-order valence-electron chi connectivity index (χ1n) is 7.54. The zero-order valence-electron chi connectivity index (χ0n) is 12.9. The van der Waals surface area contributed by atoms with Gasteiger partial charge in [-0.1, -0.05) is 18.2 Å². The van der Waals surface area contributed by atoms with Gasteiger partial charge in [-0.3, -0.25) is 4.68 Å². The Morgan fingerprint density at radius 3 is 2.95 bits per heavy atom. The highest BCUT2D eigenvalue weighted by Crippen LogP contribution is 2.28. The van der Waals surface area contributed by atoms with Gasteiger partial charge in [-0.2, -0.15) is 5.10 Å². The number of aromatic nitrogens is 2. The fraction of sp³-hybridized carbons (Fsp3) is 0.353. The van der Waals surface area contributed by atoms with Crippen LogP contribution in [0.2, 0.25) is 0 Å². The van der Waals surface area contributed by atoms with E-state index in [0.29, 0.717) is 6.54 Å². The molecule has 3 aromatic rings. The lowest BCUT2D eigenvalue weighted by molar-refractivity contribution is 0.183. The second-order valence-electron chi connectivity index (χ2n) is 5.64. The molecule has 0 saturated heterocycles. The van der Waals surface area contributed by atoms with E-state index in [-0.39, 0.29) is 6.10 Å². The highest BCUT2D eigenvalue weighted by molar-refractivity contribution is 5.82. The summed E-state index contributed by atoms with van der Waals surface area (Å²) >= 11 is 0. The number of rotatable bonds is 6. The van der Waals surface area contributed by atoms with Crippen LogP contribution < -0.4 is 5.32 Å². The molecule has 5 nitrogen and oxygen atoms in total. The first-order valence-corrected chi connectivity index (χ1v) is 7.54. The summed E-state index contributed by atoms with van der Waals surface area (Å²) in [5.74, 6) is 0.786. The maximum Gasteiger partial charge on any atom is 0.156 e. The van der Waals surface area contributed by atoms with Gasteiger partial charge in [0.1, 0.15) is 11.3 Å². The maximum absolute atomic E-state index is 9.30. The molecule has 0 aliphatic rings. The minimum Gasteiger partial charge on any atom is -0.454 e. The molecule has 0 saturated carbocycles. The molecule has 0 fully saturated rings. The summed E-state index contributed by atoms with van der Waals surface area (Å²) in [7, 11) is 1.91. The van der Waals surface area contributed by atoms with Crippen molar-refractivity contribution in [1.82, 2.24) is 15.1 Å². The molecule has 2 aromatic heterocycles. The van der Waals surface area contributed by atoms with E-state index in [9.17, 15) is 5.11 Å². The lowest BCUT2D eigenvalue weighted by Crippen LogP contribution is -2.18. The summed E-state index contributed by atoms with van der Waals surface area (Å²) in [6.45, 7) is 3.27. The monoisotopic (exact) mass is 299 g/mol. The van der Waals surface area contributed by atoms with Crippen LogP contribution >= 0.6 is 0 Å². The summed E-state index contributed by atoms with van der Waals surface area (Å²) in [6.07, 6.45) is 2.45. The number of hydrogen-bond donors (Lipinski definition) is 2. The van der Waals surface area contributed by atoms with Crippen molar-refractivity contribution >= 4 is 11.0 Å². The summed E-state index contributed by atoms with van der Waals surface area (Å²) in [6, 6.07) is 9.98. The number of aliphatic hydroxyl groups is 1. The maximum atomic E-state index is 9.30. The van der Waals surface area contributed by atoms with E-state index in [4.69, 9.17) is 4.42 Å². The third-order valence-corrected chi connectivity index (χ3v) is 3.62. The zero-order valence-corrected chi connectivity index (χ0v) is 12.9. The third-order valence-electron chi connectivity index (χ3n) is 3.62. The first-order chi connectivity index (χ1) is 10.6. The number of nitrogens with zero attached hydrogens (tertiary/aromatic N) is 2. The van der Waals surface area contributed by atoms with Gasteiger partial charge in [0.2, 0.25) is 0 Å². The van der Waals surface area contributed by atoms with E-state index in [1.807, 2.05) is 43.6 Å². The van der Waals surface area contributed by atoms with Crippen molar-refractivity contribution < 1.29 is 9.52 Å². The van der Waals surface area contributed by atoms with Crippen LogP contribution in [0.25, 0.3) is 22.4 Å². The molecule has 1 aromatic carbocycles. The van der Waals surface area contributed by atoms with Crippen molar-refractivity contribution in [3.05, 3.63) is 42.1 Å². The molecule has 116 valence electrons. The van der Waals surface area contributed by atoms with Crippen LogP contribution in [0, 0.1) is 0 Å². The molecule has 2 N–H and O–H groups in total. The van der Waals surface area contributed by atoms with Crippen molar-refractivity contribution in [2.24, 2.45) is 7.05 Å². The molecule has 0 aliphatic heterocycles. The number of nitrogens with one attached hydrogen (secondary N) is 1. The van der Waals surface area contributed by atoms with Gasteiger partial charge < -0.3 is 14.8 Å². The number of benzene rings is 1. The van der Waals surface area contributed by atoms with E-state index in [0.717, 1.165) is 41.0 Å². The standard InChI is InChI=1S/C17H21N3O2/c1-12(21)7-8-18-10-14-11-20(2)19-17(14)16-9-13-5-3-4-6-15(13)22-16/h3-6,9,11-12,18,21H,7-8,10H2,1-2H3. The molecular formula is C17H21N3O2. The van der Waals surface area contributed by atoms with Crippen LogP contribution in [-0.2, 0) is 13.6 Å². The van der Waals surface area contributed by atoms with Crippen LogP contribution in [-0.4, -0.2) is 27.5 Å². The summed E-state index contributed by atoms with van der Waals surface area (Å²) in [5.41, 5.74) is 2.83. The lowest BCUT2D eigenvalue weighted by Gasteiger charge is -2.05. The molecule has 0 amide bonds. The highest BCUT2D eigenvalue weighted by atomic mass is 16.3. The molecule has 0 radical (unpaired) electrons. The minimum atomic E-state index is -0.281. The summed E-state index contributed by atoms with van der Waals surface area (Å²) in [5, 5.41) is 18.2. The molecule has 2 heterocycles. The fourth-order valence-electron chi connectivity index (χ4n) is 2.51. The van der Waals surface area contributed by atoms with Gasteiger partial charge in [-0.25, -0.2) is 0 Å². The predicted octanol–water partition coefficient (Wildman–Crippen LogP) is 2.69. The van der Waals surface area contributed by atoms with Crippen molar-refractivity contribution in [2.75, 3.05) is 6.54 Å². The SMILES string of the molecule is CC(O)CCNCc1cn(C)nc1-c1cc2ccccc2o1. The average molecular weight is 299 g/mol. The number of para-hydroxylation sites is 1. The molecule has 5 heteroatoms. The smallest absolute Gasteiger partial charge is 0.156 e. The van der Waals surface area contributed by atoms with Crippen LogP contribution in [0.4, 0.5) is 0 Å². The normalized spacial score (nSPS) is 12.9. The van der Waals surface area contributed by atoms with E-state index >= 15 is 0 Å². The van der Waals surface area contributed by atoms with Crippen molar-refractivity contribution in [1.29, 1.82) is 0 Å². The van der Waals surface area contributed by atoms with E-state index in [2.05, 4.69) is 10.4 Å². The van der Waals surface area contributed by atoms with Crippen LogP contribution in [0.1, 0.15) is 18.9 Å². The Kier molecular flexibility index (Phi) is 4.27. The highest BCUT2D eigenvalue weighted by Gasteiger charge is 2.14. The Morgan fingerprint density at radius 2 is 2.18 bits per heavy atom. The average Bonchev–Trinajstić information content (AvgIpc) is 3.06. The van der Waals surface area contributed by atoms with Crippen molar-refractivity contribution in [2.45, 2.75) is 26.0 Å². The fourth-order valence-corrected chi connectivity index (χ4v) is 2.51. The van der Waals surface area contributed by atoms with Gasteiger partial charge in [0.05, 0.1) is 6.10 Å². The number of fused-ring (bicyclic) bond motifs is 1.